The van der Waals surface area contributed by atoms with Crippen LogP contribution in [-0.4, -0.2) is 21.9 Å². The zero-order valence-corrected chi connectivity index (χ0v) is 17.5. The maximum atomic E-state index is 14.4. The van der Waals surface area contributed by atoms with Crippen LogP contribution in [0.3, 0.4) is 0 Å². The Kier molecular flexibility index (Phi) is 8.06. The molecular weight excluding hydrogens is 375 g/mol. The monoisotopic (exact) mass is 400 g/mol. The number of nitrogens with zero attached hydrogens (tertiary/aromatic N) is 3. The summed E-state index contributed by atoms with van der Waals surface area (Å²) in [6.07, 6.45) is 5.88. The Morgan fingerprint density at radius 2 is 1.90 bits per heavy atom. The average molecular weight is 401 g/mol. The first kappa shape index (κ1) is 22.6. The molecule has 0 aliphatic heterocycles. The molecule has 1 N–H and O–H groups in total. The van der Waals surface area contributed by atoms with E-state index >= 15 is 0 Å². The molecule has 152 valence electrons. The highest BCUT2D eigenvalue weighted by Gasteiger charge is 2.17. The summed E-state index contributed by atoms with van der Waals surface area (Å²) in [6, 6.07) is 11.9. The molecule has 30 heavy (non-hydrogen) atoms. The van der Waals surface area contributed by atoms with Crippen molar-refractivity contribution in [1.29, 1.82) is 5.41 Å². The normalized spacial score (nSPS) is 11.5. The third-order valence-electron chi connectivity index (χ3n) is 4.17. The predicted molar refractivity (Wildman–Crippen MR) is 125 cm³/mol. The quantitative estimate of drug-likeness (QED) is 0.377. The third kappa shape index (κ3) is 4.81. The lowest BCUT2D eigenvalue weighted by Gasteiger charge is -2.14. The van der Waals surface area contributed by atoms with Gasteiger partial charge in [0.15, 0.2) is 5.65 Å². The van der Waals surface area contributed by atoms with Gasteiger partial charge in [-0.05, 0) is 48.9 Å². The molecule has 0 amide bonds. The first-order chi connectivity index (χ1) is 14.6. The molecule has 0 aliphatic rings. The van der Waals surface area contributed by atoms with Gasteiger partial charge in [-0.3, -0.25) is 4.99 Å². The molecular formula is C25H25FN4. The van der Waals surface area contributed by atoms with Gasteiger partial charge in [0.25, 0.3) is 0 Å². The van der Waals surface area contributed by atoms with Crippen molar-refractivity contribution < 1.29 is 4.39 Å². The van der Waals surface area contributed by atoms with E-state index in [-0.39, 0.29) is 5.82 Å². The zero-order valence-electron chi connectivity index (χ0n) is 17.5. The van der Waals surface area contributed by atoms with E-state index in [4.69, 9.17) is 5.41 Å². The fourth-order valence-corrected chi connectivity index (χ4v) is 2.94. The van der Waals surface area contributed by atoms with Crippen molar-refractivity contribution in [3.05, 3.63) is 96.6 Å². The van der Waals surface area contributed by atoms with Gasteiger partial charge in [-0.15, -0.1) is 0 Å². The molecule has 4 nitrogen and oxygen atoms in total. The van der Waals surface area contributed by atoms with Crippen LogP contribution in [0.2, 0.25) is 0 Å². The lowest BCUT2D eigenvalue weighted by Crippen LogP contribution is -2.09. The summed E-state index contributed by atoms with van der Waals surface area (Å²) in [5, 5.41) is 8.25. The SMILES string of the molecule is C=CN=C(/C(=C/C=N)C(=C)C)c1cc(-c2ccccc2F)nc2ncccc12.CC. The zero-order chi connectivity index (χ0) is 22.1. The minimum absolute atomic E-state index is 0.367. The summed E-state index contributed by atoms with van der Waals surface area (Å²) in [4.78, 5) is 13.3. The second-order valence-electron chi connectivity index (χ2n) is 6.10. The molecule has 1 aromatic carbocycles. The van der Waals surface area contributed by atoms with Crippen molar-refractivity contribution in [3.8, 4) is 11.3 Å². The molecule has 3 aromatic rings. The van der Waals surface area contributed by atoms with Crippen molar-refractivity contribution in [2.24, 2.45) is 4.99 Å². The highest BCUT2D eigenvalue weighted by molar-refractivity contribution is 6.22. The number of allylic oxidation sites excluding steroid dienone is 3. The molecule has 3 rings (SSSR count). The number of aliphatic imine (C=N–C) groups is 1. The molecule has 0 saturated carbocycles. The molecule has 2 aromatic heterocycles. The number of benzene rings is 1. The summed E-state index contributed by atoms with van der Waals surface area (Å²) in [6.45, 7) is 13.6. The largest absolute Gasteiger partial charge is 0.309 e. The Hall–Kier alpha value is -3.73. The Bertz CT molecular complexity index is 1140. The average Bonchev–Trinajstić information content (AvgIpc) is 2.77. The van der Waals surface area contributed by atoms with Crippen LogP contribution >= 0.6 is 0 Å². The molecule has 0 atom stereocenters. The van der Waals surface area contributed by atoms with Crippen LogP contribution in [0.1, 0.15) is 26.3 Å². The van der Waals surface area contributed by atoms with Crippen LogP contribution in [-0.2, 0) is 0 Å². The molecule has 5 heteroatoms. The molecule has 0 spiro atoms. The van der Waals surface area contributed by atoms with Crippen LogP contribution in [0.15, 0.2) is 90.2 Å². The molecule has 0 aliphatic carbocycles. The van der Waals surface area contributed by atoms with Crippen molar-refractivity contribution in [1.82, 2.24) is 9.97 Å². The van der Waals surface area contributed by atoms with Crippen molar-refractivity contribution in [2.75, 3.05) is 0 Å². The smallest absolute Gasteiger partial charge is 0.160 e. The number of hydrogen-bond donors (Lipinski definition) is 1. The van der Waals surface area contributed by atoms with Gasteiger partial charge in [-0.25, -0.2) is 14.4 Å². The van der Waals surface area contributed by atoms with E-state index in [1.165, 1.54) is 18.5 Å². The summed E-state index contributed by atoms with van der Waals surface area (Å²) >= 11 is 0. The van der Waals surface area contributed by atoms with Gasteiger partial charge >= 0.3 is 0 Å². The predicted octanol–water partition coefficient (Wildman–Crippen LogP) is 6.55. The lowest BCUT2D eigenvalue weighted by atomic mass is 9.94. The van der Waals surface area contributed by atoms with Crippen LogP contribution in [0.5, 0.6) is 0 Å². The van der Waals surface area contributed by atoms with Gasteiger partial charge in [-0.1, -0.05) is 39.1 Å². The number of pyridine rings is 2. The molecule has 0 saturated heterocycles. The Balaban J connectivity index is 0.00000155. The van der Waals surface area contributed by atoms with Crippen LogP contribution in [0.4, 0.5) is 4.39 Å². The lowest BCUT2D eigenvalue weighted by molar-refractivity contribution is 0.631. The number of fused-ring (bicyclic) bond motifs is 1. The highest BCUT2D eigenvalue weighted by Crippen LogP contribution is 2.28. The van der Waals surface area contributed by atoms with E-state index in [1.807, 2.05) is 32.9 Å². The van der Waals surface area contributed by atoms with E-state index < -0.39 is 0 Å². The first-order valence-corrected chi connectivity index (χ1v) is 9.63. The Labute approximate surface area is 176 Å². The summed E-state index contributed by atoms with van der Waals surface area (Å²) < 4.78 is 14.4. The first-order valence-electron chi connectivity index (χ1n) is 9.63. The van der Waals surface area contributed by atoms with E-state index in [0.29, 0.717) is 33.8 Å². The third-order valence-corrected chi connectivity index (χ3v) is 4.17. The topological polar surface area (TPSA) is 62.0 Å². The maximum Gasteiger partial charge on any atom is 0.160 e. The minimum Gasteiger partial charge on any atom is -0.309 e. The van der Waals surface area contributed by atoms with E-state index in [2.05, 4.69) is 28.1 Å². The fraction of sp³-hybridized carbons (Fsp3) is 0.120. The molecule has 0 unspecified atom stereocenters. The van der Waals surface area contributed by atoms with E-state index in [1.54, 1.807) is 36.5 Å². The second-order valence-corrected chi connectivity index (χ2v) is 6.10. The van der Waals surface area contributed by atoms with Gasteiger partial charge < -0.3 is 5.41 Å². The maximum absolute atomic E-state index is 14.4. The summed E-state index contributed by atoms with van der Waals surface area (Å²) in [5.41, 5.74) is 4.02. The number of halogens is 1. The molecule has 0 fully saturated rings. The van der Waals surface area contributed by atoms with Gasteiger partial charge in [0, 0.05) is 40.7 Å². The standard InChI is InChI=1S/C23H19FN4.C2H6/c1-4-26-22(16(11-12-25)15(2)3)19-14-21(18-8-5-6-10-20(18)24)28-23-17(19)9-7-13-27-23;1-2/h4-14,25H,1-2H2,3H3;1-2H3/b16-11+,25-12?,26-22?;. The van der Waals surface area contributed by atoms with Crippen molar-refractivity contribution in [2.45, 2.75) is 20.8 Å². The summed E-state index contributed by atoms with van der Waals surface area (Å²) in [7, 11) is 0. The molecule has 0 radical (unpaired) electrons. The van der Waals surface area contributed by atoms with E-state index in [0.717, 1.165) is 11.0 Å². The van der Waals surface area contributed by atoms with E-state index in [9.17, 15) is 4.39 Å². The minimum atomic E-state index is -0.367. The molecule has 0 bridgehead atoms. The van der Waals surface area contributed by atoms with Crippen molar-refractivity contribution in [3.63, 3.8) is 0 Å². The van der Waals surface area contributed by atoms with Gasteiger partial charge in [-0.2, -0.15) is 0 Å². The number of aromatic nitrogens is 2. The van der Waals surface area contributed by atoms with Gasteiger partial charge in [0.05, 0.1) is 11.4 Å². The highest BCUT2D eigenvalue weighted by atomic mass is 19.1. The van der Waals surface area contributed by atoms with Gasteiger partial charge in [0.2, 0.25) is 0 Å². The Morgan fingerprint density at radius 3 is 2.53 bits per heavy atom. The number of nitrogens with one attached hydrogen (secondary N) is 1. The van der Waals surface area contributed by atoms with Gasteiger partial charge in [0.1, 0.15) is 5.82 Å². The summed E-state index contributed by atoms with van der Waals surface area (Å²) in [5.74, 6) is -0.367. The molecule has 2 heterocycles. The number of hydrogen-bond acceptors (Lipinski definition) is 4. The Morgan fingerprint density at radius 1 is 1.17 bits per heavy atom. The second kappa shape index (κ2) is 10.7. The van der Waals surface area contributed by atoms with Crippen LogP contribution in [0, 0.1) is 11.2 Å². The number of rotatable bonds is 6. The van der Waals surface area contributed by atoms with Crippen molar-refractivity contribution >= 4 is 23.0 Å². The van der Waals surface area contributed by atoms with Crippen LogP contribution < -0.4 is 0 Å². The fourth-order valence-electron chi connectivity index (χ4n) is 2.94. The van der Waals surface area contributed by atoms with Crippen LogP contribution in [0.25, 0.3) is 22.3 Å².